The maximum absolute atomic E-state index is 12.2. The lowest BCUT2D eigenvalue weighted by Gasteiger charge is -2.15. The zero-order chi connectivity index (χ0) is 16.8. The third-order valence-electron chi connectivity index (χ3n) is 3.98. The van der Waals surface area contributed by atoms with Crippen LogP contribution in [0.25, 0.3) is 0 Å². The summed E-state index contributed by atoms with van der Waals surface area (Å²) in [6.45, 7) is 6.63. The van der Waals surface area contributed by atoms with Gasteiger partial charge in [-0.15, -0.1) is 0 Å². The minimum absolute atomic E-state index is 0.0347. The smallest absolute Gasteiger partial charge is 0.279 e. The number of carbonyl (C=O) groups excluding carboxylic acids is 1. The summed E-state index contributed by atoms with van der Waals surface area (Å²) in [6.07, 6.45) is 0.985. The Balaban J connectivity index is 1.93. The lowest BCUT2D eigenvalue weighted by Crippen LogP contribution is -2.87. The molecule has 0 radical (unpaired) electrons. The Morgan fingerprint density at radius 1 is 1.17 bits per heavy atom. The van der Waals surface area contributed by atoms with E-state index in [1.165, 1.54) is 11.1 Å². The van der Waals surface area contributed by atoms with Crippen LogP contribution in [0, 0.1) is 13.8 Å². The lowest BCUT2D eigenvalue weighted by molar-refractivity contribution is -0.686. The van der Waals surface area contributed by atoms with E-state index in [0.717, 1.165) is 22.1 Å². The van der Waals surface area contributed by atoms with Crippen LogP contribution in [0.5, 0.6) is 0 Å². The lowest BCUT2D eigenvalue weighted by atomic mass is 10.0. The van der Waals surface area contributed by atoms with E-state index in [4.69, 9.17) is 0 Å². The largest absolute Gasteiger partial charge is 0.332 e. The second kappa shape index (κ2) is 8.27. The molecule has 3 nitrogen and oxygen atoms in total. The number of hydrogen-bond acceptors (Lipinski definition) is 1. The van der Waals surface area contributed by atoms with Gasteiger partial charge in [-0.3, -0.25) is 4.79 Å². The highest BCUT2D eigenvalue weighted by Crippen LogP contribution is 2.17. The molecule has 23 heavy (non-hydrogen) atoms. The van der Waals surface area contributed by atoms with Crippen LogP contribution in [0.2, 0.25) is 0 Å². The van der Waals surface area contributed by atoms with Gasteiger partial charge in [0.05, 0.1) is 0 Å². The Morgan fingerprint density at radius 2 is 1.87 bits per heavy atom. The van der Waals surface area contributed by atoms with Gasteiger partial charge in [0.25, 0.3) is 5.91 Å². The molecule has 0 aliphatic rings. The summed E-state index contributed by atoms with van der Waals surface area (Å²) >= 11 is 3.45. The molecule has 4 heteroatoms. The minimum atomic E-state index is 0.0347. The first-order valence-corrected chi connectivity index (χ1v) is 8.74. The standard InChI is InChI=1S/C19H23BrN2O/c1-4-17(15-6-8-16(20)9-7-15)21-12-19(23)22-18-10-5-13(2)11-14(18)3/h5-11,17,21H,4,12H2,1-3H3,(H,22,23)/p+1/t17-/m0/s1. The van der Waals surface area contributed by atoms with E-state index in [-0.39, 0.29) is 5.91 Å². The van der Waals surface area contributed by atoms with Gasteiger partial charge >= 0.3 is 0 Å². The number of benzene rings is 2. The number of nitrogens with one attached hydrogen (secondary N) is 1. The highest BCUT2D eigenvalue weighted by atomic mass is 79.9. The molecule has 2 aromatic rings. The predicted octanol–water partition coefficient (Wildman–Crippen LogP) is 3.72. The molecule has 0 heterocycles. The maximum atomic E-state index is 12.2. The normalized spacial score (nSPS) is 12.0. The molecule has 0 aliphatic heterocycles. The van der Waals surface area contributed by atoms with Crippen molar-refractivity contribution < 1.29 is 10.1 Å². The van der Waals surface area contributed by atoms with Crippen molar-refractivity contribution in [3.8, 4) is 0 Å². The predicted molar refractivity (Wildman–Crippen MR) is 98.5 cm³/mol. The quantitative estimate of drug-likeness (QED) is 0.793. The van der Waals surface area contributed by atoms with Gasteiger partial charge in [-0.25, -0.2) is 0 Å². The van der Waals surface area contributed by atoms with E-state index in [0.29, 0.717) is 12.6 Å². The van der Waals surface area contributed by atoms with Gasteiger partial charge in [0.2, 0.25) is 0 Å². The first-order chi connectivity index (χ1) is 11.0. The Hall–Kier alpha value is -1.65. The number of halogens is 1. The molecule has 0 aliphatic carbocycles. The molecule has 0 saturated heterocycles. The molecule has 0 spiro atoms. The molecule has 2 aromatic carbocycles. The SMILES string of the molecule is CC[C@H]([NH2+]CC(=O)Nc1ccc(C)cc1C)c1ccc(Br)cc1. The number of nitrogens with two attached hydrogens (primary N) is 1. The van der Waals surface area contributed by atoms with Crippen LogP contribution in [0.3, 0.4) is 0 Å². The summed E-state index contributed by atoms with van der Waals surface area (Å²) in [5.41, 5.74) is 4.44. The fourth-order valence-corrected chi connectivity index (χ4v) is 2.92. The van der Waals surface area contributed by atoms with Gasteiger partial charge in [-0.05, 0) is 37.6 Å². The highest BCUT2D eigenvalue weighted by Gasteiger charge is 2.15. The second-order valence-corrected chi connectivity index (χ2v) is 6.79. The van der Waals surface area contributed by atoms with Crippen LogP contribution in [-0.4, -0.2) is 12.5 Å². The number of anilines is 1. The van der Waals surface area contributed by atoms with Crippen molar-refractivity contribution >= 4 is 27.5 Å². The molecule has 1 atom stereocenters. The van der Waals surface area contributed by atoms with Crippen LogP contribution in [0.1, 0.15) is 36.1 Å². The molecule has 0 fully saturated rings. The van der Waals surface area contributed by atoms with Crippen molar-refractivity contribution in [1.82, 2.24) is 0 Å². The minimum Gasteiger partial charge on any atom is -0.332 e. The zero-order valence-electron chi connectivity index (χ0n) is 13.9. The monoisotopic (exact) mass is 375 g/mol. The van der Waals surface area contributed by atoms with E-state index < -0.39 is 0 Å². The van der Waals surface area contributed by atoms with Crippen LogP contribution in [0.15, 0.2) is 46.9 Å². The Morgan fingerprint density at radius 3 is 2.48 bits per heavy atom. The summed E-state index contributed by atoms with van der Waals surface area (Å²) < 4.78 is 1.07. The molecule has 0 saturated carbocycles. The summed E-state index contributed by atoms with van der Waals surface area (Å²) in [6, 6.07) is 14.7. The first kappa shape index (κ1) is 17.7. The Kier molecular flexibility index (Phi) is 6.37. The summed E-state index contributed by atoms with van der Waals surface area (Å²) in [7, 11) is 0. The van der Waals surface area contributed by atoms with E-state index >= 15 is 0 Å². The number of rotatable bonds is 6. The molecule has 0 bridgehead atoms. The third-order valence-corrected chi connectivity index (χ3v) is 4.51. The van der Waals surface area contributed by atoms with Gasteiger partial charge in [0.15, 0.2) is 6.54 Å². The fourth-order valence-electron chi connectivity index (χ4n) is 2.65. The number of hydrogen-bond donors (Lipinski definition) is 2. The number of amides is 1. The van der Waals surface area contributed by atoms with Crippen LogP contribution < -0.4 is 10.6 Å². The first-order valence-electron chi connectivity index (χ1n) is 7.95. The summed E-state index contributed by atoms with van der Waals surface area (Å²) in [5, 5.41) is 5.10. The van der Waals surface area contributed by atoms with E-state index in [9.17, 15) is 4.79 Å². The molecular weight excluding hydrogens is 352 g/mol. The van der Waals surface area contributed by atoms with Gasteiger partial charge in [0.1, 0.15) is 6.04 Å². The molecule has 0 aromatic heterocycles. The van der Waals surface area contributed by atoms with E-state index in [1.54, 1.807) is 0 Å². The zero-order valence-corrected chi connectivity index (χ0v) is 15.5. The van der Waals surface area contributed by atoms with Gasteiger partial charge < -0.3 is 10.6 Å². The molecule has 1 amide bonds. The van der Waals surface area contributed by atoms with Gasteiger partial charge in [-0.1, -0.05) is 52.7 Å². The van der Waals surface area contributed by atoms with Crippen molar-refractivity contribution in [2.24, 2.45) is 0 Å². The third kappa shape index (κ3) is 5.19. The second-order valence-electron chi connectivity index (χ2n) is 5.87. The van der Waals surface area contributed by atoms with Crippen molar-refractivity contribution in [1.29, 1.82) is 0 Å². The average Bonchev–Trinajstić information content (AvgIpc) is 2.52. The number of carbonyl (C=O) groups is 1. The van der Waals surface area contributed by atoms with Crippen LogP contribution in [-0.2, 0) is 4.79 Å². The topological polar surface area (TPSA) is 45.7 Å². The number of aryl methyl sites for hydroxylation is 2. The van der Waals surface area contributed by atoms with E-state index in [1.807, 2.05) is 31.2 Å². The van der Waals surface area contributed by atoms with Crippen LogP contribution >= 0.6 is 15.9 Å². The van der Waals surface area contributed by atoms with Gasteiger partial charge in [0, 0.05) is 22.1 Å². The Labute approximate surface area is 146 Å². The van der Waals surface area contributed by atoms with Crippen molar-refractivity contribution in [2.75, 3.05) is 11.9 Å². The average molecular weight is 376 g/mol. The summed E-state index contributed by atoms with van der Waals surface area (Å²) in [4.78, 5) is 12.2. The van der Waals surface area contributed by atoms with Crippen molar-refractivity contribution in [2.45, 2.75) is 33.2 Å². The molecule has 2 rings (SSSR count). The highest BCUT2D eigenvalue weighted by molar-refractivity contribution is 9.10. The number of quaternary nitrogens is 1. The Bertz CT molecular complexity index is 668. The van der Waals surface area contributed by atoms with E-state index in [2.05, 4.69) is 58.6 Å². The molecular formula is C19H24BrN2O+. The summed E-state index contributed by atoms with van der Waals surface area (Å²) in [5.74, 6) is 0.0347. The van der Waals surface area contributed by atoms with Gasteiger partial charge in [-0.2, -0.15) is 0 Å². The van der Waals surface area contributed by atoms with Crippen molar-refractivity contribution in [3.05, 3.63) is 63.6 Å². The fraction of sp³-hybridized carbons (Fsp3) is 0.316. The van der Waals surface area contributed by atoms with Crippen LogP contribution in [0.4, 0.5) is 5.69 Å². The van der Waals surface area contributed by atoms with Crippen molar-refractivity contribution in [3.63, 3.8) is 0 Å². The molecule has 0 unspecified atom stereocenters. The molecule has 122 valence electrons. The maximum Gasteiger partial charge on any atom is 0.279 e. The molecule has 3 N–H and O–H groups in total.